The van der Waals surface area contributed by atoms with Gasteiger partial charge in [-0.25, -0.2) is 23.7 Å². The monoisotopic (exact) mass is 479 g/mol. The average molecular weight is 479 g/mol. The molecular weight excluding hydrogens is 456 g/mol. The summed E-state index contributed by atoms with van der Waals surface area (Å²) in [5, 5.41) is 6.20. The van der Waals surface area contributed by atoms with Crippen LogP contribution >= 0.6 is 0 Å². The van der Waals surface area contributed by atoms with Gasteiger partial charge in [-0.1, -0.05) is 0 Å². The van der Waals surface area contributed by atoms with Crippen LogP contribution in [0.1, 0.15) is 17.4 Å². The predicted octanol–water partition coefficient (Wildman–Crippen LogP) is 3.38. The van der Waals surface area contributed by atoms with Crippen molar-refractivity contribution in [3.05, 3.63) is 77.6 Å². The molecule has 4 heterocycles. The van der Waals surface area contributed by atoms with Crippen molar-refractivity contribution in [3.8, 4) is 17.1 Å². The first kappa shape index (κ1) is 22.7. The van der Waals surface area contributed by atoms with Crippen LogP contribution in [0.2, 0.25) is 0 Å². The van der Waals surface area contributed by atoms with Crippen LogP contribution in [0, 0.1) is 18.6 Å². The maximum absolute atomic E-state index is 13.8. The number of rotatable bonds is 4. The second kappa shape index (κ2) is 9.26. The van der Waals surface area contributed by atoms with E-state index in [1.165, 1.54) is 12.1 Å². The van der Waals surface area contributed by atoms with Gasteiger partial charge >= 0.3 is 0 Å². The lowest BCUT2D eigenvalue weighted by Crippen LogP contribution is -2.47. The molecule has 35 heavy (non-hydrogen) atoms. The Labute approximate surface area is 200 Å². The Kier molecular flexibility index (Phi) is 6.00. The quantitative estimate of drug-likeness (QED) is 0.588. The molecule has 0 aliphatic carbocycles. The molecule has 1 saturated heterocycles. The highest BCUT2D eigenvalue weighted by Crippen LogP contribution is 2.33. The molecule has 2 aromatic heterocycles. The van der Waals surface area contributed by atoms with E-state index in [2.05, 4.69) is 30.6 Å². The predicted molar refractivity (Wildman–Crippen MR) is 125 cm³/mol. The van der Waals surface area contributed by atoms with Gasteiger partial charge in [-0.15, -0.1) is 0 Å². The molecule has 9 nitrogen and oxygen atoms in total. The largest absolute Gasteiger partial charge is 0.491 e. The molecule has 0 radical (unpaired) electrons. The highest BCUT2D eigenvalue weighted by Gasteiger charge is 2.36. The van der Waals surface area contributed by atoms with Gasteiger partial charge in [-0.3, -0.25) is 4.90 Å². The Hall–Kier alpha value is -4.12. The molecule has 1 fully saturated rings. The first-order valence-corrected chi connectivity index (χ1v) is 10.9. The summed E-state index contributed by atoms with van der Waals surface area (Å²) in [5.74, 6) is 1.31. The maximum Gasteiger partial charge on any atom is 0.224 e. The molecule has 0 amide bonds. The normalized spacial score (nSPS) is 19.6. The van der Waals surface area contributed by atoms with Gasteiger partial charge in [0.25, 0.3) is 0 Å². The van der Waals surface area contributed by atoms with E-state index >= 15 is 0 Å². The van der Waals surface area contributed by atoms with Crippen LogP contribution in [0.25, 0.3) is 11.3 Å². The molecule has 2 aliphatic rings. The summed E-state index contributed by atoms with van der Waals surface area (Å²) in [4.78, 5) is 19.7. The lowest BCUT2D eigenvalue weighted by atomic mass is 10.0. The summed E-state index contributed by atoms with van der Waals surface area (Å²) >= 11 is 0. The van der Waals surface area contributed by atoms with Crippen LogP contribution in [0.5, 0.6) is 5.88 Å². The minimum absolute atomic E-state index is 0.240. The number of ether oxygens (including phenoxy) is 2. The molecule has 2 N–H and O–H groups in total. The molecule has 180 valence electrons. The number of morpholine rings is 1. The molecule has 5 rings (SSSR count). The summed E-state index contributed by atoms with van der Waals surface area (Å²) in [6, 6.07) is 8.52. The molecule has 3 aromatic rings. The third-order valence-electron chi connectivity index (χ3n) is 5.76. The number of aryl methyl sites for hydroxylation is 1. The summed E-state index contributed by atoms with van der Waals surface area (Å²) in [7, 11) is 3.37. The molecule has 11 heteroatoms. The fourth-order valence-corrected chi connectivity index (χ4v) is 4.06. The zero-order valence-electron chi connectivity index (χ0n) is 19.3. The van der Waals surface area contributed by atoms with E-state index < -0.39 is 17.8 Å². The number of pyridine rings is 1. The van der Waals surface area contributed by atoms with Crippen LogP contribution in [0.4, 0.5) is 14.6 Å². The molecule has 0 bridgehead atoms. The van der Waals surface area contributed by atoms with E-state index in [9.17, 15) is 8.78 Å². The SMILES string of the molecule is COc1nc(NC2=NC3C(=CN2)OCC(c2cc(F)cc(F)c2)N3C)ccc1-c1ccnc(C)n1. The number of hydrogen-bond acceptors (Lipinski definition) is 9. The Morgan fingerprint density at radius 2 is 1.94 bits per heavy atom. The minimum atomic E-state index is -0.633. The van der Waals surface area contributed by atoms with Gasteiger partial charge in [0, 0.05) is 18.5 Å². The molecule has 1 aromatic carbocycles. The highest BCUT2D eigenvalue weighted by atomic mass is 19.1. The van der Waals surface area contributed by atoms with Gasteiger partial charge in [0.2, 0.25) is 11.8 Å². The molecule has 2 aliphatic heterocycles. The van der Waals surface area contributed by atoms with E-state index in [-0.39, 0.29) is 12.6 Å². The third-order valence-corrected chi connectivity index (χ3v) is 5.76. The summed E-state index contributed by atoms with van der Waals surface area (Å²) in [5.41, 5.74) is 1.92. The van der Waals surface area contributed by atoms with Gasteiger partial charge in [0.1, 0.15) is 29.9 Å². The van der Waals surface area contributed by atoms with Crippen molar-refractivity contribution in [2.75, 3.05) is 26.1 Å². The molecule has 0 spiro atoms. The minimum Gasteiger partial charge on any atom is -0.491 e. The number of nitrogens with one attached hydrogen (secondary N) is 2. The number of halogens is 2. The topological polar surface area (TPSA) is 96.8 Å². The van der Waals surface area contributed by atoms with Gasteiger partial charge in [-0.2, -0.15) is 4.98 Å². The number of aliphatic imine (C=N–C) groups is 1. The van der Waals surface area contributed by atoms with Crippen molar-refractivity contribution in [3.63, 3.8) is 0 Å². The second-order valence-corrected chi connectivity index (χ2v) is 8.10. The van der Waals surface area contributed by atoms with Crippen molar-refractivity contribution < 1.29 is 18.3 Å². The van der Waals surface area contributed by atoms with Crippen LogP contribution in [0.15, 0.2) is 59.5 Å². The number of anilines is 1. The van der Waals surface area contributed by atoms with Gasteiger partial charge < -0.3 is 20.1 Å². The number of fused-ring (bicyclic) bond motifs is 1. The summed E-state index contributed by atoms with van der Waals surface area (Å²) < 4.78 is 38.9. The van der Waals surface area contributed by atoms with E-state index in [4.69, 9.17) is 9.47 Å². The van der Waals surface area contributed by atoms with Gasteiger partial charge in [-0.05, 0) is 49.9 Å². The molecule has 2 atom stereocenters. The van der Waals surface area contributed by atoms with E-state index in [1.807, 2.05) is 24.9 Å². The Balaban J connectivity index is 1.37. The Morgan fingerprint density at radius 3 is 2.69 bits per heavy atom. The lowest BCUT2D eigenvalue weighted by molar-refractivity contribution is 0.0152. The smallest absolute Gasteiger partial charge is 0.224 e. The van der Waals surface area contributed by atoms with Crippen molar-refractivity contribution >= 4 is 11.8 Å². The van der Waals surface area contributed by atoms with Crippen LogP contribution in [0.3, 0.4) is 0 Å². The number of benzene rings is 1. The average Bonchev–Trinajstić information content (AvgIpc) is 2.84. The van der Waals surface area contributed by atoms with Crippen molar-refractivity contribution in [1.82, 2.24) is 25.2 Å². The van der Waals surface area contributed by atoms with Crippen LogP contribution in [-0.4, -0.2) is 52.7 Å². The fraction of sp³-hybridized carbons (Fsp3) is 0.250. The standard InChI is InChI=1S/C24H23F2N7O2/c1-13-27-7-6-18(29-13)17-4-5-21(30-23(17)34-3)31-24-28-11-20-22(32-24)33(2)19(12-35-20)14-8-15(25)10-16(26)9-14/h4-11,19,22H,12H2,1-3H3,(H2,28,30,31,32). The summed E-state index contributed by atoms with van der Waals surface area (Å²) in [6.07, 6.45) is 2.89. The molecule has 0 saturated carbocycles. The highest BCUT2D eigenvalue weighted by molar-refractivity contribution is 5.94. The fourth-order valence-electron chi connectivity index (χ4n) is 4.06. The number of likely N-dealkylation sites (N-methyl/N-ethyl adjacent to an activating group) is 1. The Morgan fingerprint density at radius 1 is 1.14 bits per heavy atom. The number of methoxy groups -OCH3 is 1. The summed E-state index contributed by atoms with van der Waals surface area (Å²) in [6.45, 7) is 2.06. The van der Waals surface area contributed by atoms with E-state index in [0.29, 0.717) is 40.5 Å². The third kappa shape index (κ3) is 4.62. The maximum atomic E-state index is 13.8. The first-order chi connectivity index (χ1) is 16.9. The van der Waals surface area contributed by atoms with Crippen molar-refractivity contribution in [1.29, 1.82) is 0 Å². The number of nitrogens with zero attached hydrogens (tertiary/aromatic N) is 5. The second-order valence-electron chi connectivity index (χ2n) is 8.10. The lowest BCUT2D eigenvalue weighted by Gasteiger charge is -2.40. The zero-order chi connectivity index (χ0) is 24.5. The van der Waals surface area contributed by atoms with Crippen LogP contribution in [-0.2, 0) is 4.74 Å². The van der Waals surface area contributed by atoms with Crippen LogP contribution < -0.4 is 15.4 Å². The van der Waals surface area contributed by atoms with Crippen molar-refractivity contribution in [2.24, 2.45) is 4.99 Å². The molecule has 2 unspecified atom stereocenters. The van der Waals surface area contributed by atoms with Crippen molar-refractivity contribution in [2.45, 2.75) is 19.1 Å². The number of hydrogen-bond donors (Lipinski definition) is 2. The first-order valence-electron chi connectivity index (χ1n) is 10.9. The number of guanidine groups is 1. The van der Waals surface area contributed by atoms with Gasteiger partial charge in [0.15, 0.2) is 11.9 Å². The van der Waals surface area contributed by atoms with E-state index in [0.717, 1.165) is 11.6 Å². The van der Waals surface area contributed by atoms with E-state index in [1.54, 1.807) is 31.6 Å². The molecular formula is C24H23F2N7O2. The zero-order valence-corrected chi connectivity index (χ0v) is 19.3. The van der Waals surface area contributed by atoms with Gasteiger partial charge in [0.05, 0.1) is 24.4 Å². The number of aromatic nitrogens is 3. The Bertz CT molecular complexity index is 1310.